The highest BCUT2D eigenvalue weighted by Crippen LogP contribution is 2.50. The van der Waals surface area contributed by atoms with E-state index in [1.54, 1.807) is 18.5 Å². The van der Waals surface area contributed by atoms with E-state index in [0.717, 1.165) is 36.3 Å². The lowest BCUT2D eigenvalue weighted by atomic mass is 9.69. The second kappa shape index (κ2) is 3.70. The van der Waals surface area contributed by atoms with Gasteiger partial charge in [0.25, 0.3) is 0 Å². The molecule has 1 aliphatic heterocycles. The maximum absolute atomic E-state index is 9.57. The number of phenols is 1. The van der Waals surface area contributed by atoms with Gasteiger partial charge in [-0.05, 0) is 25.3 Å². The Morgan fingerprint density at radius 3 is 3.16 bits per heavy atom. The predicted octanol–water partition coefficient (Wildman–Crippen LogP) is 2.20. The Labute approximate surface area is 111 Å². The number of hydrogen-bond donors (Lipinski definition) is 1. The first-order valence-corrected chi connectivity index (χ1v) is 6.55. The molecule has 4 nitrogen and oxygen atoms in total. The Bertz CT molecular complexity index is 656. The van der Waals surface area contributed by atoms with Crippen LogP contribution in [0, 0.1) is 0 Å². The molecule has 4 rings (SSSR count). The minimum atomic E-state index is -0.127. The van der Waals surface area contributed by atoms with E-state index in [9.17, 15) is 5.11 Å². The van der Waals surface area contributed by atoms with Gasteiger partial charge in [-0.2, -0.15) is 0 Å². The first-order chi connectivity index (χ1) is 9.29. The van der Waals surface area contributed by atoms with E-state index in [4.69, 9.17) is 4.74 Å². The van der Waals surface area contributed by atoms with E-state index in [1.807, 2.05) is 12.3 Å². The lowest BCUT2D eigenvalue weighted by Crippen LogP contribution is -2.34. The number of aryl methyl sites for hydroxylation is 1. The number of rotatable bonds is 0. The van der Waals surface area contributed by atoms with E-state index in [2.05, 4.69) is 9.97 Å². The van der Waals surface area contributed by atoms with Crippen LogP contribution < -0.4 is 4.74 Å². The molecule has 4 heteroatoms. The molecule has 1 spiro atoms. The van der Waals surface area contributed by atoms with E-state index in [-0.39, 0.29) is 11.2 Å². The highest BCUT2D eigenvalue weighted by Gasteiger charge is 2.45. The lowest BCUT2D eigenvalue weighted by molar-refractivity contribution is 0.270. The summed E-state index contributed by atoms with van der Waals surface area (Å²) in [6.45, 7) is 0.617. The van der Waals surface area contributed by atoms with Crippen molar-refractivity contribution in [2.75, 3.05) is 6.61 Å². The molecule has 0 radical (unpaired) electrons. The molecule has 1 atom stereocenters. The van der Waals surface area contributed by atoms with Crippen molar-refractivity contribution in [1.29, 1.82) is 0 Å². The summed E-state index contributed by atoms with van der Waals surface area (Å²) in [4.78, 5) is 8.60. The maximum atomic E-state index is 9.57. The second-order valence-electron chi connectivity index (χ2n) is 5.29. The zero-order valence-corrected chi connectivity index (χ0v) is 10.5. The molecule has 0 bridgehead atoms. The number of aromatic nitrogens is 2. The van der Waals surface area contributed by atoms with Gasteiger partial charge in [0.15, 0.2) is 0 Å². The highest BCUT2D eigenvalue weighted by molar-refractivity contribution is 5.54. The monoisotopic (exact) mass is 254 g/mol. The van der Waals surface area contributed by atoms with Crippen molar-refractivity contribution in [1.82, 2.24) is 9.97 Å². The van der Waals surface area contributed by atoms with Crippen molar-refractivity contribution in [3.05, 3.63) is 47.5 Å². The number of phenolic OH excluding ortho intramolecular Hbond substituents is 1. The van der Waals surface area contributed by atoms with Crippen LogP contribution in [-0.4, -0.2) is 21.7 Å². The normalized spacial score (nSPS) is 23.8. The Balaban J connectivity index is 1.95. The first-order valence-electron chi connectivity index (χ1n) is 6.55. The summed E-state index contributed by atoms with van der Waals surface area (Å²) in [6, 6.07) is 5.40. The van der Waals surface area contributed by atoms with Crippen molar-refractivity contribution in [2.45, 2.75) is 24.7 Å². The SMILES string of the molecule is Oc1ccc2c(c1)OCC21CCCc2ncncc21. The van der Waals surface area contributed by atoms with Gasteiger partial charge in [-0.3, -0.25) is 0 Å². The van der Waals surface area contributed by atoms with Crippen molar-refractivity contribution < 1.29 is 9.84 Å². The number of ether oxygens (including phenoxy) is 1. The molecule has 0 saturated heterocycles. The van der Waals surface area contributed by atoms with Gasteiger partial charge in [0.2, 0.25) is 0 Å². The Hall–Kier alpha value is -2.10. The smallest absolute Gasteiger partial charge is 0.127 e. The number of nitrogens with zero attached hydrogens (tertiary/aromatic N) is 2. The van der Waals surface area contributed by atoms with Crippen LogP contribution >= 0.6 is 0 Å². The van der Waals surface area contributed by atoms with Gasteiger partial charge in [0, 0.05) is 29.1 Å². The van der Waals surface area contributed by atoms with Gasteiger partial charge in [-0.15, -0.1) is 0 Å². The predicted molar refractivity (Wildman–Crippen MR) is 69.4 cm³/mol. The standard InChI is InChI=1S/C15H14N2O2/c18-10-3-4-11-14(6-10)19-8-15(11)5-1-2-13-12(15)7-16-9-17-13/h3-4,6-7,9,18H,1-2,5,8H2. The summed E-state index contributed by atoms with van der Waals surface area (Å²) < 4.78 is 5.81. The largest absolute Gasteiger partial charge is 0.508 e. The van der Waals surface area contributed by atoms with Gasteiger partial charge in [0.05, 0.1) is 5.41 Å². The summed E-state index contributed by atoms with van der Waals surface area (Å²) in [6.07, 6.45) is 6.70. The Kier molecular flexibility index (Phi) is 2.10. The van der Waals surface area contributed by atoms with Crippen LogP contribution in [0.25, 0.3) is 0 Å². The highest BCUT2D eigenvalue weighted by atomic mass is 16.5. The molecular weight excluding hydrogens is 240 g/mol. The average molecular weight is 254 g/mol. The van der Waals surface area contributed by atoms with Crippen LogP contribution in [0.5, 0.6) is 11.5 Å². The maximum Gasteiger partial charge on any atom is 0.127 e. The van der Waals surface area contributed by atoms with Gasteiger partial charge < -0.3 is 9.84 Å². The summed E-state index contributed by atoms with van der Waals surface area (Å²) in [5.41, 5.74) is 3.34. The van der Waals surface area contributed by atoms with Gasteiger partial charge in [-0.25, -0.2) is 9.97 Å². The van der Waals surface area contributed by atoms with E-state index < -0.39 is 0 Å². The molecule has 1 aromatic carbocycles. The van der Waals surface area contributed by atoms with Crippen molar-refractivity contribution in [3.8, 4) is 11.5 Å². The topological polar surface area (TPSA) is 55.2 Å². The van der Waals surface area contributed by atoms with Crippen LogP contribution in [-0.2, 0) is 11.8 Å². The minimum absolute atomic E-state index is 0.127. The fourth-order valence-electron chi connectivity index (χ4n) is 3.38. The van der Waals surface area contributed by atoms with E-state index in [0.29, 0.717) is 6.61 Å². The first kappa shape index (κ1) is 10.8. The van der Waals surface area contributed by atoms with Crippen molar-refractivity contribution >= 4 is 0 Å². The van der Waals surface area contributed by atoms with Crippen molar-refractivity contribution in [3.63, 3.8) is 0 Å². The van der Waals surface area contributed by atoms with Crippen LogP contribution in [0.3, 0.4) is 0 Å². The quantitative estimate of drug-likeness (QED) is 0.783. The zero-order chi connectivity index (χ0) is 12.9. The molecular formula is C15H14N2O2. The van der Waals surface area contributed by atoms with Crippen LogP contribution in [0.2, 0.25) is 0 Å². The van der Waals surface area contributed by atoms with Gasteiger partial charge in [0.1, 0.15) is 24.4 Å². The Morgan fingerprint density at radius 2 is 2.21 bits per heavy atom. The van der Waals surface area contributed by atoms with E-state index >= 15 is 0 Å². The summed E-state index contributed by atoms with van der Waals surface area (Å²) in [5.74, 6) is 1.04. The third kappa shape index (κ3) is 1.40. The average Bonchev–Trinajstić information content (AvgIpc) is 2.78. The van der Waals surface area contributed by atoms with Crippen LogP contribution in [0.1, 0.15) is 29.7 Å². The number of fused-ring (bicyclic) bond motifs is 4. The molecule has 96 valence electrons. The second-order valence-corrected chi connectivity index (χ2v) is 5.29. The number of aromatic hydroxyl groups is 1. The number of hydrogen-bond acceptors (Lipinski definition) is 4. The van der Waals surface area contributed by atoms with Gasteiger partial charge in [-0.1, -0.05) is 6.07 Å². The minimum Gasteiger partial charge on any atom is -0.508 e. The zero-order valence-electron chi connectivity index (χ0n) is 10.5. The summed E-state index contributed by atoms with van der Waals surface area (Å²) in [5, 5.41) is 9.57. The molecule has 19 heavy (non-hydrogen) atoms. The third-order valence-corrected chi connectivity index (χ3v) is 4.28. The van der Waals surface area contributed by atoms with Gasteiger partial charge >= 0.3 is 0 Å². The fourth-order valence-corrected chi connectivity index (χ4v) is 3.38. The molecule has 0 fully saturated rings. The fraction of sp³-hybridized carbons (Fsp3) is 0.333. The molecule has 1 aromatic heterocycles. The third-order valence-electron chi connectivity index (χ3n) is 4.28. The number of benzene rings is 1. The molecule has 2 aliphatic rings. The molecule has 0 amide bonds. The molecule has 0 saturated carbocycles. The Morgan fingerprint density at radius 1 is 1.26 bits per heavy atom. The van der Waals surface area contributed by atoms with Crippen LogP contribution in [0.15, 0.2) is 30.7 Å². The molecule has 1 unspecified atom stereocenters. The summed E-state index contributed by atoms with van der Waals surface area (Å²) in [7, 11) is 0. The lowest BCUT2D eigenvalue weighted by Gasteiger charge is -2.33. The molecule has 2 aromatic rings. The molecule has 2 heterocycles. The molecule has 1 aliphatic carbocycles. The van der Waals surface area contributed by atoms with E-state index in [1.165, 1.54) is 5.56 Å². The van der Waals surface area contributed by atoms with Crippen LogP contribution in [0.4, 0.5) is 0 Å². The molecule has 1 N–H and O–H groups in total. The summed E-state index contributed by atoms with van der Waals surface area (Å²) >= 11 is 0. The van der Waals surface area contributed by atoms with Crippen molar-refractivity contribution in [2.24, 2.45) is 0 Å².